The molecule has 1 atom stereocenters. The lowest BCUT2D eigenvalue weighted by Gasteiger charge is -2.27. The molecule has 0 saturated heterocycles. The Balaban J connectivity index is 2.12. The summed E-state index contributed by atoms with van der Waals surface area (Å²) < 4.78 is 4.17. The lowest BCUT2D eigenvalue weighted by molar-refractivity contribution is 0.0914. The van der Waals surface area contributed by atoms with Gasteiger partial charge in [0.1, 0.15) is 6.17 Å². The van der Waals surface area contributed by atoms with Crippen LogP contribution in [-0.4, -0.2) is 15.9 Å². The number of rotatable bonds is 4. The van der Waals surface area contributed by atoms with E-state index in [-0.39, 0.29) is 5.76 Å². The molecule has 0 saturated carbocycles. The lowest BCUT2D eigenvalue weighted by atomic mass is 10.3. The van der Waals surface area contributed by atoms with Crippen LogP contribution in [0.3, 0.4) is 0 Å². The van der Waals surface area contributed by atoms with Gasteiger partial charge in [0.25, 0.3) is 5.91 Å². The molecule has 0 aliphatic heterocycles. The summed E-state index contributed by atoms with van der Waals surface area (Å²) in [4.78, 5) is 12.0. The highest BCUT2D eigenvalue weighted by molar-refractivity contribution is 9.10. The van der Waals surface area contributed by atoms with E-state index in [0.717, 1.165) is 4.47 Å². The fourth-order valence-electron chi connectivity index (χ4n) is 1.52. The highest BCUT2D eigenvalue weighted by Crippen LogP contribution is 2.31. The Morgan fingerprint density at radius 1 is 1.19 bits per heavy atom. The summed E-state index contributed by atoms with van der Waals surface area (Å²) in [5.74, 6) is -0.354. The summed E-state index contributed by atoms with van der Waals surface area (Å²) in [6.07, 6.45) is 0.461. The standard InChI is InChI=1S/C13H10BrCl3N2O2/c14-8-3-5-9(6-4-8)18-12(13(15,16)17)19-11(20)10-2-1-7-21-10/h1-7,12,18H,(H,19,20). The first-order valence-electron chi connectivity index (χ1n) is 5.79. The predicted molar refractivity (Wildman–Crippen MR) is 88.0 cm³/mol. The minimum atomic E-state index is -1.74. The quantitative estimate of drug-likeness (QED) is 0.571. The molecule has 0 aliphatic carbocycles. The fraction of sp³-hybridized carbons (Fsp3) is 0.154. The molecule has 0 radical (unpaired) electrons. The normalized spacial score (nSPS) is 12.8. The summed E-state index contributed by atoms with van der Waals surface area (Å²) in [6.45, 7) is 0. The van der Waals surface area contributed by atoms with Gasteiger partial charge < -0.3 is 15.1 Å². The second kappa shape index (κ2) is 6.92. The van der Waals surface area contributed by atoms with Gasteiger partial charge in [0.2, 0.25) is 3.79 Å². The molecule has 112 valence electrons. The Morgan fingerprint density at radius 3 is 2.38 bits per heavy atom. The number of furan rings is 1. The first-order valence-corrected chi connectivity index (χ1v) is 7.72. The van der Waals surface area contributed by atoms with Gasteiger partial charge in [-0.1, -0.05) is 50.7 Å². The average Bonchev–Trinajstić information content (AvgIpc) is 2.93. The van der Waals surface area contributed by atoms with Crippen molar-refractivity contribution in [3.05, 3.63) is 52.9 Å². The number of benzene rings is 1. The van der Waals surface area contributed by atoms with E-state index in [4.69, 9.17) is 39.2 Å². The summed E-state index contributed by atoms with van der Waals surface area (Å²) >= 11 is 21.0. The van der Waals surface area contributed by atoms with Crippen molar-refractivity contribution in [2.75, 3.05) is 5.32 Å². The molecule has 1 amide bonds. The van der Waals surface area contributed by atoms with Crippen LogP contribution in [0.1, 0.15) is 10.6 Å². The molecule has 1 aromatic carbocycles. The lowest BCUT2D eigenvalue weighted by Crippen LogP contribution is -2.49. The number of halogens is 4. The third-order valence-electron chi connectivity index (χ3n) is 2.50. The Kier molecular flexibility index (Phi) is 5.43. The van der Waals surface area contributed by atoms with Crippen LogP contribution in [0.5, 0.6) is 0 Å². The maximum absolute atomic E-state index is 12.0. The maximum atomic E-state index is 12.0. The van der Waals surface area contributed by atoms with Gasteiger partial charge in [-0.2, -0.15) is 0 Å². The summed E-state index contributed by atoms with van der Waals surface area (Å²) in [6, 6.07) is 10.3. The van der Waals surface area contributed by atoms with Gasteiger partial charge >= 0.3 is 0 Å². The molecule has 1 unspecified atom stereocenters. The van der Waals surface area contributed by atoms with E-state index in [2.05, 4.69) is 26.6 Å². The number of hydrogen-bond acceptors (Lipinski definition) is 3. The zero-order valence-electron chi connectivity index (χ0n) is 10.4. The first kappa shape index (κ1) is 16.5. The van der Waals surface area contributed by atoms with E-state index in [1.165, 1.54) is 12.3 Å². The summed E-state index contributed by atoms with van der Waals surface area (Å²) in [5, 5.41) is 5.52. The van der Waals surface area contributed by atoms with Crippen molar-refractivity contribution in [1.82, 2.24) is 5.32 Å². The van der Waals surface area contributed by atoms with E-state index >= 15 is 0 Å². The maximum Gasteiger partial charge on any atom is 0.288 e. The number of carbonyl (C=O) groups is 1. The van der Waals surface area contributed by atoms with Crippen molar-refractivity contribution in [3.8, 4) is 0 Å². The van der Waals surface area contributed by atoms with Crippen LogP contribution in [0.4, 0.5) is 5.69 Å². The van der Waals surface area contributed by atoms with Gasteiger partial charge in [0, 0.05) is 10.2 Å². The van der Waals surface area contributed by atoms with E-state index < -0.39 is 15.9 Å². The number of alkyl halides is 3. The predicted octanol–water partition coefficient (Wildman–Crippen LogP) is 4.58. The third kappa shape index (κ3) is 4.81. The average molecular weight is 412 g/mol. The van der Waals surface area contributed by atoms with Crippen LogP contribution in [0.15, 0.2) is 51.6 Å². The Bertz CT molecular complexity index is 597. The second-order valence-corrected chi connectivity index (χ2v) is 7.36. The third-order valence-corrected chi connectivity index (χ3v) is 3.69. The van der Waals surface area contributed by atoms with Gasteiger partial charge in [-0.3, -0.25) is 4.79 Å². The zero-order valence-corrected chi connectivity index (χ0v) is 14.3. The fourth-order valence-corrected chi connectivity index (χ4v) is 2.11. The van der Waals surface area contributed by atoms with Gasteiger partial charge in [-0.25, -0.2) is 0 Å². The molecule has 21 heavy (non-hydrogen) atoms. The van der Waals surface area contributed by atoms with Crippen molar-refractivity contribution < 1.29 is 9.21 Å². The van der Waals surface area contributed by atoms with Gasteiger partial charge in [-0.15, -0.1) is 0 Å². The molecule has 2 N–H and O–H groups in total. The molecular formula is C13H10BrCl3N2O2. The number of anilines is 1. The molecule has 1 heterocycles. The molecule has 8 heteroatoms. The zero-order chi connectivity index (χ0) is 15.5. The monoisotopic (exact) mass is 410 g/mol. The number of hydrogen-bond donors (Lipinski definition) is 2. The van der Waals surface area contributed by atoms with E-state index in [9.17, 15) is 4.79 Å². The minimum Gasteiger partial charge on any atom is -0.459 e. The molecule has 0 spiro atoms. The molecule has 2 aromatic rings. The first-order chi connectivity index (χ1) is 9.86. The van der Waals surface area contributed by atoms with Gasteiger partial charge in [-0.05, 0) is 36.4 Å². The van der Waals surface area contributed by atoms with E-state index in [1.54, 1.807) is 18.2 Å². The van der Waals surface area contributed by atoms with Crippen molar-refractivity contribution in [2.24, 2.45) is 0 Å². The van der Waals surface area contributed by atoms with Crippen LogP contribution in [0, 0.1) is 0 Å². The minimum absolute atomic E-state index is 0.131. The van der Waals surface area contributed by atoms with E-state index in [1.807, 2.05) is 12.1 Å². The van der Waals surface area contributed by atoms with Crippen LogP contribution in [0.2, 0.25) is 0 Å². The number of carbonyl (C=O) groups excluding carboxylic acids is 1. The van der Waals surface area contributed by atoms with Crippen molar-refractivity contribution >= 4 is 62.3 Å². The van der Waals surface area contributed by atoms with Crippen molar-refractivity contribution in [3.63, 3.8) is 0 Å². The van der Waals surface area contributed by atoms with E-state index in [0.29, 0.717) is 5.69 Å². The van der Waals surface area contributed by atoms with Crippen molar-refractivity contribution in [2.45, 2.75) is 9.96 Å². The van der Waals surface area contributed by atoms with Crippen LogP contribution in [0.25, 0.3) is 0 Å². The molecule has 4 nitrogen and oxygen atoms in total. The van der Waals surface area contributed by atoms with Gasteiger partial charge in [0.05, 0.1) is 6.26 Å². The summed E-state index contributed by atoms with van der Waals surface area (Å²) in [5.41, 5.74) is 0.689. The molecule has 1 aromatic heterocycles. The molecular weight excluding hydrogens is 402 g/mol. The Labute approximate surface area is 144 Å². The van der Waals surface area contributed by atoms with Crippen molar-refractivity contribution in [1.29, 1.82) is 0 Å². The largest absolute Gasteiger partial charge is 0.459 e. The van der Waals surface area contributed by atoms with Gasteiger partial charge in [0.15, 0.2) is 5.76 Å². The van der Waals surface area contributed by atoms with Crippen LogP contribution in [-0.2, 0) is 0 Å². The number of nitrogens with one attached hydrogen (secondary N) is 2. The molecule has 2 rings (SSSR count). The topological polar surface area (TPSA) is 54.3 Å². The van der Waals surface area contributed by atoms with Crippen LogP contribution < -0.4 is 10.6 Å². The highest BCUT2D eigenvalue weighted by Gasteiger charge is 2.34. The highest BCUT2D eigenvalue weighted by atomic mass is 79.9. The summed E-state index contributed by atoms with van der Waals surface area (Å²) in [7, 11) is 0. The smallest absolute Gasteiger partial charge is 0.288 e. The molecule has 0 aliphatic rings. The Hall–Kier alpha value is -0.880. The number of amides is 1. The molecule has 0 bridgehead atoms. The Morgan fingerprint density at radius 2 is 1.86 bits per heavy atom. The molecule has 0 fully saturated rings. The van der Waals surface area contributed by atoms with Crippen LogP contribution >= 0.6 is 50.7 Å². The SMILES string of the molecule is O=C(NC(Nc1ccc(Br)cc1)C(Cl)(Cl)Cl)c1ccco1. The second-order valence-electron chi connectivity index (χ2n) is 4.08.